The molecule has 3 rings (SSSR count). The lowest BCUT2D eigenvalue weighted by molar-refractivity contribution is -0.384. The van der Waals surface area contributed by atoms with Crippen LogP contribution in [0.5, 0.6) is 0 Å². The topological polar surface area (TPSA) is 73.1 Å². The van der Waals surface area contributed by atoms with E-state index in [9.17, 15) is 14.9 Å². The van der Waals surface area contributed by atoms with E-state index in [0.717, 1.165) is 25.7 Å². The predicted octanol–water partition coefficient (Wildman–Crippen LogP) is 4.80. The number of rotatable bonds is 5. The minimum absolute atomic E-state index is 0.0501. The minimum Gasteiger partial charge on any atom is -0.293 e. The van der Waals surface area contributed by atoms with Crippen LogP contribution in [0.2, 0.25) is 0 Å². The molecule has 1 aromatic heterocycles. The lowest BCUT2D eigenvalue weighted by Gasteiger charge is -2.05. The van der Waals surface area contributed by atoms with Crippen molar-refractivity contribution in [1.29, 1.82) is 0 Å². The summed E-state index contributed by atoms with van der Waals surface area (Å²) >= 11 is 2.73. The summed E-state index contributed by atoms with van der Waals surface area (Å²) in [6.07, 6.45) is 0. The normalized spacial score (nSPS) is 10.9. The van der Waals surface area contributed by atoms with Crippen molar-refractivity contribution in [2.75, 3.05) is 5.75 Å². The van der Waals surface area contributed by atoms with E-state index in [1.54, 1.807) is 6.07 Å². The van der Waals surface area contributed by atoms with Crippen LogP contribution in [-0.4, -0.2) is 21.4 Å². The van der Waals surface area contributed by atoms with Crippen molar-refractivity contribution in [2.24, 2.45) is 0 Å². The third-order valence-electron chi connectivity index (χ3n) is 3.58. The van der Waals surface area contributed by atoms with Crippen LogP contribution in [-0.2, 0) is 0 Å². The second-order valence-electron chi connectivity index (χ2n) is 5.42. The molecule has 0 saturated carbocycles. The number of nitro benzene ring substituents is 1. The van der Waals surface area contributed by atoms with Crippen LogP contribution in [0.15, 0.2) is 40.7 Å². The Kier molecular flexibility index (Phi) is 4.64. The van der Waals surface area contributed by atoms with Crippen LogP contribution < -0.4 is 0 Å². The van der Waals surface area contributed by atoms with Crippen LogP contribution in [0.25, 0.3) is 10.2 Å². The number of aryl methyl sites for hydroxylation is 2. The van der Waals surface area contributed by atoms with Gasteiger partial charge in [0.2, 0.25) is 0 Å². The molecule has 0 fully saturated rings. The van der Waals surface area contributed by atoms with Crippen LogP contribution in [0.1, 0.15) is 21.5 Å². The molecular formula is C17H14N2O3S2. The number of thioether (sulfide) groups is 1. The number of nitrogens with zero attached hydrogens (tertiary/aromatic N) is 2. The highest BCUT2D eigenvalue weighted by Gasteiger charge is 2.14. The molecule has 0 N–H and O–H groups in total. The summed E-state index contributed by atoms with van der Waals surface area (Å²) < 4.78 is 1.50. The Morgan fingerprint density at radius 2 is 2.04 bits per heavy atom. The number of ketones is 1. The maximum Gasteiger partial charge on any atom is 0.270 e. The molecule has 0 atom stereocenters. The van der Waals surface area contributed by atoms with Gasteiger partial charge in [-0.25, -0.2) is 4.98 Å². The SMILES string of the molecule is Cc1ccc(C)c(C(=O)CSc2nc3ccc([N+](=O)[O-])cc3s2)c1. The molecule has 1 heterocycles. The third-order valence-corrected chi connectivity index (χ3v) is 5.74. The first-order chi connectivity index (χ1) is 11.4. The molecule has 0 unspecified atom stereocenters. The number of non-ortho nitro benzene ring substituents is 1. The molecule has 5 nitrogen and oxygen atoms in total. The third kappa shape index (κ3) is 3.47. The summed E-state index contributed by atoms with van der Waals surface area (Å²) in [6, 6.07) is 10.4. The zero-order valence-corrected chi connectivity index (χ0v) is 14.7. The van der Waals surface area contributed by atoms with Gasteiger partial charge in [-0.1, -0.05) is 29.5 Å². The second kappa shape index (κ2) is 6.70. The number of carbonyl (C=O) groups is 1. The first-order valence-electron chi connectivity index (χ1n) is 7.22. The molecule has 0 radical (unpaired) electrons. The van der Waals surface area contributed by atoms with Gasteiger partial charge in [0.1, 0.15) is 0 Å². The summed E-state index contributed by atoms with van der Waals surface area (Å²) in [6.45, 7) is 3.89. The number of hydrogen-bond donors (Lipinski definition) is 0. The minimum atomic E-state index is -0.421. The van der Waals surface area contributed by atoms with Crippen molar-refractivity contribution in [2.45, 2.75) is 18.2 Å². The van der Waals surface area contributed by atoms with Gasteiger partial charge < -0.3 is 0 Å². The summed E-state index contributed by atoms with van der Waals surface area (Å²) in [5, 5.41) is 10.8. The molecule has 0 saturated heterocycles. The van der Waals surface area contributed by atoms with Gasteiger partial charge in [0.05, 0.1) is 20.9 Å². The Morgan fingerprint density at radius 1 is 1.25 bits per heavy atom. The lowest BCUT2D eigenvalue weighted by atomic mass is 10.0. The highest BCUT2D eigenvalue weighted by molar-refractivity contribution is 8.01. The highest BCUT2D eigenvalue weighted by Crippen LogP contribution is 2.32. The first-order valence-corrected chi connectivity index (χ1v) is 9.02. The molecule has 7 heteroatoms. The average Bonchev–Trinajstić information content (AvgIpc) is 2.96. The van der Waals surface area contributed by atoms with Crippen LogP contribution in [0.3, 0.4) is 0 Å². The fourth-order valence-electron chi connectivity index (χ4n) is 2.31. The molecule has 2 aromatic carbocycles. The molecule has 0 spiro atoms. The summed E-state index contributed by atoms with van der Waals surface area (Å²) in [5.74, 6) is 0.359. The quantitative estimate of drug-likeness (QED) is 0.284. The zero-order chi connectivity index (χ0) is 17.3. The van der Waals surface area contributed by atoms with Crippen LogP contribution in [0, 0.1) is 24.0 Å². The van der Waals surface area contributed by atoms with Crippen molar-refractivity contribution in [1.82, 2.24) is 4.98 Å². The van der Waals surface area contributed by atoms with E-state index in [4.69, 9.17) is 0 Å². The van der Waals surface area contributed by atoms with Gasteiger partial charge in [-0.3, -0.25) is 14.9 Å². The van der Waals surface area contributed by atoms with Gasteiger partial charge in [-0.05, 0) is 31.5 Å². The first kappa shape index (κ1) is 16.6. The van der Waals surface area contributed by atoms with Gasteiger partial charge in [0.15, 0.2) is 10.1 Å². The molecule has 24 heavy (non-hydrogen) atoms. The standard InChI is InChI=1S/C17H14N2O3S2/c1-10-3-4-11(2)13(7-10)15(20)9-23-17-18-14-6-5-12(19(21)22)8-16(14)24-17/h3-8H,9H2,1-2H3. The van der Waals surface area contributed by atoms with Gasteiger partial charge in [0.25, 0.3) is 5.69 Å². The molecule has 0 aliphatic carbocycles. The van der Waals surface area contributed by atoms with Gasteiger partial charge in [-0.2, -0.15) is 0 Å². The van der Waals surface area contributed by atoms with E-state index in [1.807, 2.05) is 32.0 Å². The Hall–Kier alpha value is -2.25. The summed E-state index contributed by atoms with van der Waals surface area (Å²) in [4.78, 5) is 27.2. The van der Waals surface area contributed by atoms with Crippen molar-refractivity contribution < 1.29 is 9.72 Å². The highest BCUT2D eigenvalue weighted by atomic mass is 32.2. The van der Waals surface area contributed by atoms with Crippen LogP contribution >= 0.6 is 23.1 Å². The fourth-order valence-corrected chi connectivity index (χ4v) is 4.29. The number of hydrogen-bond acceptors (Lipinski definition) is 6. The smallest absolute Gasteiger partial charge is 0.270 e. The van der Waals surface area contributed by atoms with Gasteiger partial charge >= 0.3 is 0 Å². The summed E-state index contributed by atoms with van der Waals surface area (Å²) in [7, 11) is 0. The van der Waals surface area contributed by atoms with E-state index in [-0.39, 0.29) is 11.5 Å². The number of aromatic nitrogens is 1. The predicted molar refractivity (Wildman–Crippen MR) is 97.2 cm³/mol. The second-order valence-corrected chi connectivity index (χ2v) is 7.67. The van der Waals surface area contributed by atoms with Crippen molar-refractivity contribution in [3.8, 4) is 0 Å². The number of Topliss-reactive ketones (excluding diaryl/α,β-unsaturated/α-hetero) is 1. The molecule has 3 aromatic rings. The average molecular weight is 358 g/mol. The van der Waals surface area contributed by atoms with Gasteiger partial charge in [0, 0.05) is 17.7 Å². The number of benzene rings is 2. The van der Waals surface area contributed by atoms with Gasteiger partial charge in [-0.15, -0.1) is 11.3 Å². The Labute approximate surface area is 146 Å². The molecular weight excluding hydrogens is 344 g/mol. The Balaban J connectivity index is 1.76. The molecule has 122 valence electrons. The lowest BCUT2D eigenvalue weighted by Crippen LogP contribution is -2.05. The number of thiazole rings is 1. The largest absolute Gasteiger partial charge is 0.293 e. The van der Waals surface area contributed by atoms with E-state index >= 15 is 0 Å². The molecule has 0 aliphatic heterocycles. The van der Waals surface area contributed by atoms with Crippen LogP contribution in [0.4, 0.5) is 5.69 Å². The Morgan fingerprint density at radius 3 is 2.79 bits per heavy atom. The van der Waals surface area contributed by atoms with E-state index in [0.29, 0.717) is 11.3 Å². The summed E-state index contributed by atoms with van der Waals surface area (Å²) in [5.41, 5.74) is 3.52. The maximum atomic E-state index is 12.4. The molecule has 0 aliphatic rings. The van der Waals surface area contributed by atoms with Crippen molar-refractivity contribution >= 4 is 44.8 Å². The van der Waals surface area contributed by atoms with E-state index < -0.39 is 4.92 Å². The fraction of sp³-hybridized carbons (Fsp3) is 0.176. The Bertz CT molecular complexity index is 950. The van der Waals surface area contributed by atoms with Crippen molar-refractivity contribution in [3.05, 3.63) is 63.2 Å². The number of nitro groups is 1. The monoisotopic (exact) mass is 358 g/mol. The molecule has 0 bridgehead atoms. The molecule has 0 amide bonds. The van der Waals surface area contributed by atoms with E-state index in [1.165, 1.54) is 35.2 Å². The van der Waals surface area contributed by atoms with E-state index in [2.05, 4.69) is 4.98 Å². The number of fused-ring (bicyclic) bond motifs is 1. The zero-order valence-electron chi connectivity index (χ0n) is 13.1. The maximum absolute atomic E-state index is 12.4. The van der Waals surface area contributed by atoms with Crippen molar-refractivity contribution in [3.63, 3.8) is 0 Å². The number of carbonyl (C=O) groups excluding carboxylic acids is 1.